The first-order valence-corrected chi connectivity index (χ1v) is 14.1. The minimum absolute atomic E-state index is 0.0600. The van der Waals surface area contributed by atoms with Crippen LogP contribution in [0.5, 0.6) is 5.75 Å². The maximum Gasteiger partial charge on any atom is 0.241 e. The zero-order valence-electron chi connectivity index (χ0n) is 21.8. The van der Waals surface area contributed by atoms with E-state index >= 15 is 0 Å². The highest BCUT2D eigenvalue weighted by Gasteiger charge is 2.25. The molecule has 0 fully saturated rings. The fourth-order valence-electron chi connectivity index (χ4n) is 3.82. The van der Waals surface area contributed by atoms with E-state index in [1.54, 1.807) is 13.2 Å². The number of anilines is 1. The van der Waals surface area contributed by atoms with Crippen LogP contribution in [-0.4, -0.2) is 46.4 Å². The molecule has 1 atom stereocenters. The van der Waals surface area contributed by atoms with Gasteiger partial charge in [0.1, 0.15) is 23.0 Å². The molecule has 0 spiro atoms. The molecule has 1 aromatic rings. The van der Waals surface area contributed by atoms with Crippen molar-refractivity contribution in [1.82, 2.24) is 0 Å². The van der Waals surface area contributed by atoms with Crippen molar-refractivity contribution in [1.29, 1.82) is 0 Å². The SMILES string of the molecule is C=CC1=C(/C=C(/CCCc2ccc(OC)c(NC(=O)C(N)CC(C)C)c2)OCCC)OCCS1(=O)=O. The van der Waals surface area contributed by atoms with Crippen LogP contribution in [0, 0.1) is 5.92 Å². The number of nitrogens with one attached hydrogen (secondary N) is 1. The van der Waals surface area contributed by atoms with E-state index in [4.69, 9.17) is 19.9 Å². The fourth-order valence-corrected chi connectivity index (χ4v) is 5.02. The normalized spacial score (nSPS) is 16.3. The van der Waals surface area contributed by atoms with Crippen LogP contribution in [0.4, 0.5) is 5.69 Å². The summed E-state index contributed by atoms with van der Waals surface area (Å²) in [7, 11) is -1.85. The number of allylic oxidation sites excluding steroid dienone is 3. The Bertz CT molecular complexity index is 1080. The number of sulfone groups is 1. The van der Waals surface area contributed by atoms with Gasteiger partial charge in [0.15, 0.2) is 9.84 Å². The van der Waals surface area contributed by atoms with E-state index in [1.807, 2.05) is 39.0 Å². The van der Waals surface area contributed by atoms with E-state index in [1.165, 1.54) is 6.08 Å². The van der Waals surface area contributed by atoms with Crippen molar-refractivity contribution in [2.45, 2.75) is 58.9 Å². The van der Waals surface area contributed by atoms with E-state index in [9.17, 15) is 13.2 Å². The summed E-state index contributed by atoms with van der Waals surface area (Å²) in [6, 6.07) is 5.08. The van der Waals surface area contributed by atoms with Crippen molar-refractivity contribution in [2.24, 2.45) is 11.7 Å². The van der Waals surface area contributed by atoms with Gasteiger partial charge in [-0.2, -0.15) is 0 Å². The minimum atomic E-state index is -3.41. The van der Waals surface area contributed by atoms with Gasteiger partial charge < -0.3 is 25.3 Å². The zero-order chi connectivity index (χ0) is 26.7. The molecule has 1 aliphatic heterocycles. The maximum atomic E-state index is 12.5. The highest BCUT2D eigenvalue weighted by Crippen LogP contribution is 2.28. The van der Waals surface area contributed by atoms with Crippen LogP contribution >= 0.6 is 0 Å². The average molecular weight is 521 g/mol. The summed E-state index contributed by atoms with van der Waals surface area (Å²) in [4.78, 5) is 12.6. The van der Waals surface area contributed by atoms with Crippen molar-refractivity contribution in [3.63, 3.8) is 0 Å². The van der Waals surface area contributed by atoms with Crippen molar-refractivity contribution < 1.29 is 27.4 Å². The van der Waals surface area contributed by atoms with Crippen LogP contribution in [0.2, 0.25) is 0 Å². The van der Waals surface area contributed by atoms with Gasteiger partial charge >= 0.3 is 0 Å². The standard InChI is InChI=1S/C27H40N2O6S/c1-6-13-34-21(18-25-26(7-2)36(31,32)15-14-35-25)10-8-9-20-11-12-24(33-5)23(17-20)29-27(30)22(28)16-19(3)4/h7,11-12,17-19,22H,2,6,8-10,13-16,28H2,1,3-5H3,(H,29,30)/b21-18-. The summed E-state index contributed by atoms with van der Waals surface area (Å²) >= 11 is 0. The summed E-state index contributed by atoms with van der Waals surface area (Å²) in [5.41, 5.74) is 7.63. The number of aryl methyl sites for hydroxylation is 1. The van der Waals surface area contributed by atoms with Gasteiger partial charge in [0.05, 0.1) is 37.0 Å². The Hall–Kier alpha value is -2.78. The van der Waals surface area contributed by atoms with Crippen molar-refractivity contribution >= 4 is 21.4 Å². The molecule has 9 heteroatoms. The predicted molar refractivity (Wildman–Crippen MR) is 143 cm³/mol. The third-order valence-electron chi connectivity index (χ3n) is 5.63. The van der Waals surface area contributed by atoms with Crippen LogP contribution in [0.25, 0.3) is 0 Å². The number of ether oxygens (including phenoxy) is 3. The number of carbonyl (C=O) groups excluding carboxylic acids is 1. The van der Waals surface area contributed by atoms with E-state index in [0.717, 1.165) is 18.4 Å². The number of amides is 1. The molecule has 0 aromatic heterocycles. The number of methoxy groups -OCH3 is 1. The Labute approximate surface area is 215 Å². The third kappa shape index (κ3) is 8.71. The fraction of sp³-hybridized carbons (Fsp3) is 0.519. The lowest BCUT2D eigenvalue weighted by atomic mass is 10.0. The summed E-state index contributed by atoms with van der Waals surface area (Å²) < 4.78 is 41.6. The predicted octanol–water partition coefficient (Wildman–Crippen LogP) is 4.48. The summed E-state index contributed by atoms with van der Waals surface area (Å²) in [5, 5.41) is 2.89. The molecule has 0 bridgehead atoms. The molecule has 1 amide bonds. The first-order valence-electron chi connectivity index (χ1n) is 12.4. The molecule has 8 nitrogen and oxygen atoms in total. The molecule has 2 rings (SSSR count). The van der Waals surface area contributed by atoms with Gasteiger partial charge in [-0.3, -0.25) is 4.79 Å². The molecular weight excluding hydrogens is 480 g/mol. The molecule has 0 aliphatic carbocycles. The molecule has 3 N–H and O–H groups in total. The maximum absolute atomic E-state index is 12.5. The number of hydrogen-bond donors (Lipinski definition) is 2. The van der Waals surface area contributed by atoms with Crippen molar-refractivity contribution in [3.8, 4) is 5.75 Å². The monoisotopic (exact) mass is 520 g/mol. The Morgan fingerprint density at radius 2 is 2.08 bits per heavy atom. The van der Waals surface area contributed by atoms with Crippen molar-refractivity contribution in [3.05, 3.63) is 58.9 Å². The van der Waals surface area contributed by atoms with Gasteiger partial charge in [-0.25, -0.2) is 8.42 Å². The lowest BCUT2D eigenvalue weighted by molar-refractivity contribution is -0.117. The molecule has 36 heavy (non-hydrogen) atoms. The van der Waals surface area contributed by atoms with E-state index in [2.05, 4.69) is 11.9 Å². The van der Waals surface area contributed by atoms with Crippen LogP contribution < -0.4 is 15.8 Å². The Balaban J connectivity index is 2.14. The van der Waals surface area contributed by atoms with Crippen LogP contribution in [0.3, 0.4) is 0 Å². The second-order valence-corrected chi connectivity index (χ2v) is 11.3. The molecule has 1 heterocycles. The second kappa shape index (κ2) is 14.1. The molecule has 1 aromatic carbocycles. The lowest BCUT2D eigenvalue weighted by Crippen LogP contribution is -2.36. The number of benzene rings is 1. The van der Waals surface area contributed by atoms with Gasteiger partial charge in [-0.05, 0) is 55.4 Å². The summed E-state index contributed by atoms with van der Waals surface area (Å²) in [6.07, 6.45) is 6.44. The van der Waals surface area contributed by atoms with Gasteiger partial charge in [0.2, 0.25) is 5.91 Å². The molecular formula is C27H40N2O6S. The van der Waals surface area contributed by atoms with Gasteiger partial charge in [-0.15, -0.1) is 0 Å². The first-order chi connectivity index (χ1) is 17.1. The number of rotatable bonds is 14. The molecule has 1 aliphatic rings. The van der Waals surface area contributed by atoms with Gasteiger partial charge in [0, 0.05) is 12.5 Å². The van der Waals surface area contributed by atoms with Crippen LogP contribution in [-0.2, 0) is 30.5 Å². The summed E-state index contributed by atoms with van der Waals surface area (Å²) in [6.45, 7) is 10.3. The molecule has 0 saturated heterocycles. The molecule has 0 radical (unpaired) electrons. The second-order valence-electron chi connectivity index (χ2n) is 9.17. The third-order valence-corrected chi connectivity index (χ3v) is 7.37. The van der Waals surface area contributed by atoms with E-state index < -0.39 is 15.9 Å². The first kappa shape index (κ1) is 29.5. The highest BCUT2D eigenvalue weighted by atomic mass is 32.2. The smallest absolute Gasteiger partial charge is 0.241 e. The van der Waals surface area contributed by atoms with Crippen LogP contribution in [0.15, 0.2) is 53.4 Å². The highest BCUT2D eigenvalue weighted by molar-refractivity contribution is 7.95. The van der Waals surface area contributed by atoms with E-state index in [-0.39, 0.29) is 28.9 Å². The Morgan fingerprint density at radius 1 is 1.33 bits per heavy atom. The topological polar surface area (TPSA) is 117 Å². The van der Waals surface area contributed by atoms with Crippen LogP contribution in [0.1, 0.15) is 52.0 Å². The van der Waals surface area contributed by atoms with E-state index in [0.29, 0.717) is 49.0 Å². The van der Waals surface area contributed by atoms with Gasteiger partial charge in [-0.1, -0.05) is 33.4 Å². The largest absolute Gasteiger partial charge is 0.498 e. The molecule has 1 unspecified atom stereocenters. The Morgan fingerprint density at radius 3 is 2.72 bits per heavy atom. The summed E-state index contributed by atoms with van der Waals surface area (Å²) in [5.74, 6) is 1.50. The number of carbonyl (C=O) groups is 1. The molecule has 200 valence electrons. The molecule has 0 saturated carbocycles. The Kier molecular flexibility index (Phi) is 11.5. The lowest BCUT2D eigenvalue weighted by Gasteiger charge is -2.19. The van der Waals surface area contributed by atoms with Gasteiger partial charge in [0.25, 0.3) is 0 Å². The quantitative estimate of drug-likeness (QED) is 0.347. The van der Waals surface area contributed by atoms with Crippen molar-refractivity contribution in [2.75, 3.05) is 31.4 Å². The zero-order valence-corrected chi connectivity index (χ0v) is 22.7. The minimum Gasteiger partial charge on any atom is -0.498 e. The average Bonchev–Trinajstić information content (AvgIpc) is 2.81. The number of nitrogens with two attached hydrogens (primary N) is 1. The number of hydrogen-bond acceptors (Lipinski definition) is 7.